The van der Waals surface area contributed by atoms with Crippen LogP contribution in [0.15, 0.2) is 59.0 Å². The molecule has 0 aliphatic heterocycles. The molecule has 4 rings (SSSR count). The fourth-order valence-electron chi connectivity index (χ4n) is 3.50. The third-order valence-electron chi connectivity index (χ3n) is 5.35. The van der Waals surface area contributed by atoms with Crippen molar-refractivity contribution < 1.29 is 14.3 Å². The summed E-state index contributed by atoms with van der Waals surface area (Å²) in [7, 11) is 1.31. The van der Waals surface area contributed by atoms with E-state index < -0.39 is 5.97 Å². The Morgan fingerprint density at radius 3 is 2.66 bits per heavy atom. The second-order valence-corrected chi connectivity index (χ2v) is 10.8. The summed E-state index contributed by atoms with van der Waals surface area (Å²) in [4.78, 5) is 45.4. The smallest absolute Gasteiger partial charge is 0.341 e. The van der Waals surface area contributed by atoms with E-state index in [4.69, 9.17) is 9.72 Å². The van der Waals surface area contributed by atoms with E-state index in [2.05, 4.69) is 11.9 Å². The first-order chi connectivity index (χ1) is 16.8. The van der Waals surface area contributed by atoms with Crippen molar-refractivity contribution in [2.24, 2.45) is 0 Å². The summed E-state index contributed by atoms with van der Waals surface area (Å²) in [5.41, 5.74) is 1.99. The van der Waals surface area contributed by atoms with Gasteiger partial charge in [0.2, 0.25) is 5.91 Å². The van der Waals surface area contributed by atoms with Gasteiger partial charge in [-0.1, -0.05) is 48.2 Å². The molecule has 0 atom stereocenters. The number of hydrogen-bond donors (Lipinski definition) is 1. The van der Waals surface area contributed by atoms with Crippen molar-refractivity contribution in [3.8, 4) is 10.4 Å². The Morgan fingerprint density at radius 2 is 1.97 bits per heavy atom. The van der Waals surface area contributed by atoms with Gasteiger partial charge in [0.1, 0.15) is 9.83 Å². The molecule has 1 amide bonds. The summed E-state index contributed by atoms with van der Waals surface area (Å²) in [6.45, 7) is 7.73. The van der Waals surface area contributed by atoms with E-state index in [0.717, 1.165) is 20.9 Å². The third-order valence-corrected chi connectivity index (χ3v) is 8.52. The average molecular weight is 526 g/mol. The predicted octanol–water partition coefficient (Wildman–Crippen LogP) is 5.51. The van der Waals surface area contributed by atoms with Crippen LogP contribution in [0, 0.1) is 13.8 Å². The van der Waals surface area contributed by atoms with Gasteiger partial charge in [-0.15, -0.1) is 29.3 Å². The Labute approximate surface area is 214 Å². The van der Waals surface area contributed by atoms with Crippen LogP contribution in [0.4, 0.5) is 5.00 Å². The highest BCUT2D eigenvalue weighted by Gasteiger charge is 2.22. The van der Waals surface area contributed by atoms with Crippen molar-refractivity contribution in [2.75, 3.05) is 18.2 Å². The van der Waals surface area contributed by atoms with Crippen LogP contribution in [0.1, 0.15) is 20.8 Å². The molecule has 0 saturated carbocycles. The molecule has 4 aromatic rings. The van der Waals surface area contributed by atoms with Crippen LogP contribution < -0.4 is 10.9 Å². The van der Waals surface area contributed by atoms with Crippen molar-refractivity contribution >= 4 is 61.5 Å². The lowest BCUT2D eigenvalue weighted by Crippen LogP contribution is -2.23. The molecule has 0 bridgehead atoms. The lowest BCUT2D eigenvalue weighted by molar-refractivity contribution is -0.113. The van der Waals surface area contributed by atoms with E-state index in [1.807, 2.05) is 50.2 Å². The first kappa shape index (κ1) is 24.9. The van der Waals surface area contributed by atoms with Gasteiger partial charge in [-0.2, -0.15) is 0 Å². The van der Waals surface area contributed by atoms with Crippen LogP contribution >= 0.6 is 34.4 Å². The molecule has 1 N–H and O–H groups in total. The maximum atomic E-state index is 13.2. The molecule has 180 valence electrons. The first-order valence-electron chi connectivity index (χ1n) is 10.7. The number of allylic oxidation sites excluding steroid dienone is 1. The number of methoxy groups -OCH3 is 1. The van der Waals surface area contributed by atoms with E-state index >= 15 is 0 Å². The molecule has 3 aromatic heterocycles. The Balaban J connectivity index is 1.60. The fourth-order valence-corrected chi connectivity index (χ4v) is 6.45. The van der Waals surface area contributed by atoms with E-state index in [-0.39, 0.29) is 23.8 Å². The van der Waals surface area contributed by atoms with Crippen LogP contribution in [0.25, 0.3) is 20.7 Å². The largest absolute Gasteiger partial charge is 0.465 e. The number of ether oxygens (including phenoxy) is 1. The Hall–Kier alpha value is -3.21. The molecule has 35 heavy (non-hydrogen) atoms. The molecule has 10 heteroatoms. The fraction of sp³-hybridized carbons (Fsp3) is 0.200. The van der Waals surface area contributed by atoms with Crippen LogP contribution in [0.5, 0.6) is 0 Å². The van der Waals surface area contributed by atoms with Gasteiger partial charge >= 0.3 is 5.97 Å². The van der Waals surface area contributed by atoms with Crippen LogP contribution in [-0.4, -0.2) is 34.3 Å². The number of nitrogens with zero attached hydrogens (tertiary/aromatic N) is 2. The zero-order chi connectivity index (χ0) is 25.1. The summed E-state index contributed by atoms with van der Waals surface area (Å²) in [6, 6.07) is 11.7. The number of benzene rings is 1. The maximum absolute atomic E-state index is 13.2. The number of rotatable bonds is 8. The molecule has 0 unspecified atom stereocenters. The number of nitrogens with one attached hydrogen (secondary N) is 1. The summed E-state index contributed by atoms with van der Waals surface area (Å²) in [5.74, 6) is -0.784. The lowest BCUT2D eigenvalue weighted by atomic mass is 10.1. The summed E-state index contributed by atoms with van der Waals surface area (Å²) >= 11 is 3.93. The number of thioether (sulfide) groups is 1. The minimum absolute atomic E-state index is 0.0165. The van der Waals surface area contributed by atoms with Crippen LogP contribution in [0.3, 0.4) is 0 Å². The Bertz CT molecular complexity index is 1490. The van der Waals surface area contributed by atoms with E-state index in [1.54, 1.807) is 6.08 Å². The number of fused-ring (bicyclic) bond motifs is 1. The van der Waals surface area contributed by atoms with Crippen molar-refractivity contribution in [1.29, 1.82) is 0 Å². The van der Waals surface area contributed by atoms with Crippen molar-refractivity contribution in [2.45, 2.75) is 25.5 Å². The molecular formula is C25H23N3O4S3. The predicted molar refractivity (Wildman–Crippen MR) is 144 cm³/mol. The molecule has 0 fully saturated rings. The number of carbonyl (C=O) groups excluding carboxylic acids is 2. The number of hydrogen-bond acceptors (Lipinski definition) is 8. The van der Waals surface area contributed by atoms with Gasteiger partial charge in [-0.3, -0.25) is 14.2 Å². The van der Waals surface area contributed by atoms with Gasteiger partial charge in [0.05, 0.1) is 23.8 Å². The van der Waals surface area contributed by atoms with Gasteiger partial charge < -0.3 is 10.1 Å². The third kappa shape index (κ3) is 5.09. The van der Waals surface area contributed by atoms with Gasteiger partial charge in [0.25, 0.3) is 5.56 Å². The first-order valence-corrected chi connectivity index (χ1v) is 13.3. The Morgan fingerprint density at radius 1 is 1.23 bits per heavy atom. The normalized spacial score (nSPS) is 10.9. The highest BCUT2D eigenvalue weighted by Crippen LogP contribution is 2.34. The van der Waals surface area contributed by atoms with Crippen molar-refractivity contribution in [3.63, 3.8) is 0 Å². The summed E-state index contributed by atoms with van der Waals surface area (Å²) in [6.07, 6.45) is 1.63. The second-order valence-electron chi connectivity index (χ2n) is 7.61. The molecular weight excluding hydrogens is 502 g/mol. The maximum Gasteiger partial charge on any atom is 0.341 e. The van der Waals surface area contributed by atoms with Gasteiger partial charge in [0, 0.05) is 16.3 Å². The summed E-state index contributed by atoms with van der Waals surface area (Å²) in [5, 5.41) is 4.24. The number of aromatic nitrogens is 2. The van der Waals surface area contributed by atoms with Gasteiger partial charge in [-0.05, 0) is 31.0 Å². The molecule has 0 radical (unpaired) electrons. The molecule has 0 aliphatic carbocycles. The van der Waals surface area contributed by atoms with E-state index in [0.29, 0.717) is 25.9 Å². The zero-order valence-corrected chi connectivity index (χ0v) is 21.9. The molecule has 0 spiro atoms. The molecule has 0 saturated heterocycles. The van der Waals surface area contributed by atoms with Crippen molar-refractivity contribution in [1.82, 2.24) is 9.55 Å². The highest BCUT2D eigenvalue weighted by molar-refractivity contribution is 7.99. The number of carbonyl (C=O) groups is 2. The highest BCUT2D eigenvalue weighted by atomic mass is 32.2. The molecule has 1 aromatic carbocycles. The number of aryl methyl sites for hydroxylation is 1. The van der Waals surface area contributed by atoms with Crippen molar-refractivity contribution in [3.05, 3.63) is 75.4 Å². The zero-order valence-electron chi connectivity index (χ0n) is 19.4. The average Bonchev–Trinajstić information content (AvgIpc) is 3.40. The minimum atomic E-state index is -0.492. The van der Waals surface area contributed by atoms with Crippen LogP contribution in [0.2, 0.25) is 0 Å². The van der Waals surface area contributed by atoms with E-state index in [9.17, 15) is 14.4 Å². The SMILES string of the molecule is C=CCn1c(SCC(=O)Nc2sc(C)c(C)c2C(=O)OC)nc2sc(-c3ccccc3)cc2c1=O. The quantitative estimate of drug-likeness (QED) is 0.141. The van der Waals surface area contributed by atoms with Gasteiger partial charge in [-0.25, -0.2) is 9.78 Å². The molecule has 0 aliphatic rings. The number of anilines is 1. The van der Waals surface area contributed by atoms with Gasteiger partial charge in [0.15, 0.2) is 5.16 Å². The number of esters is 1. The molecule has 7 nitrogen and oxygen atoms in total. The number of thiophene rings is 2. The topological polar surface area (TPSA) is 90.3 Å². The monoisotopic (exact) mass is 525 g/mol. The Kier molecular flexibility index (Phi) is 7.54. The lowest BCUT2D eigenvalue weighted by Gasteiger charge is -2.10. The summed E-state index contributed by atoms with van der Waals surface area (Å²) < 4.78 is 6.39. The standard InChI is InChI=1S/C25H23N3O4S3/c1-5-11-28-23(30)17-12-18(16-9-7-6-8-10-16)35-21(17)27-25(28)33-13-19(29)26-22-20(24(31)32-4)14(2)15(3)34-22/h5-10,12H,1,11,13H2,2-4H3,(H,26,29). The van der Waals surface area contributed by atoms with E-state index in [1.165, 1.54) is 46.1 Å². The molecule has 3 heterocycles. The van der Waals surface area contributed by atoms with Crippen LogP contribution in [-0.2, 0) is 16.1 Å². The second kappa shape index (κ2) is 10.6. The number of amides is 1. The minimum Gasteiger partial charge on any atom is -0.465 e.